The first kappa shape index (κ1) is 13.8. The molecule has 4 heteroatoms. The standard InChI is InChI=1S/C10H20N2OS/c1-4-12-10(2,8-11)9-14-7-5-6-13-3/h12H,4-7,9H2,1-3H3. The molecule has 0 aliphatic rings. The zero-order valence-corrected chi connectivity index (χ0v) is 10.1. The molecular formula is C10H20N2OS. The lowest BCUT2D eigenvalue weighted by Gasteiger charge is -2.21. The fourth-order valence-electron chi connectivity index (χ4n) is 1.09. The molecule has 0 rings (SSSR count). The van der Waals surface area contributed by atoms with Crippen LogP contribution in [-0.4, -0.2) is 37.3 Å². The number of methoxy groups -OCH3 is 1. The molecule has 1 unspecified atom stereocenters. The second-order valence-electron chi connectivity index (χ2n) is 3.37. The number of rotatable bonds is 8. The molecule has 0 saturated carbocycles. The minimum Gasteiger partial charge on any atom is -0.385 e. The van der Waals surface area contributed by atoms with E-state index in [1.165, 1.54) is 0 Å². The summed E-state index contributed by atoms with van der Waals surface area (Å²) in [5, 5.41) is 12.2. The molecule has 0 saturated heterocycles. The zero-order valence-electron chi connectivity index (χ0n) is 9.30. The van der Waals surface area contributed by atoms with Gasteiger partial charge in [-0.25, -0.2) is 0 Å². The van der Waals surface area contributed by atoms with Crippen LogP contribution in [0.4, 0.5) is 0 Å². The maximum absolute atomic E-state index is 8.97. The first-order valence-electron chi connectivity index (χ1n) is 4.91. The molecule has 0 radical (unpaired) electrons. The van der Waals surface area contributed by atoms with Crippen LogP contribution in [0, 0.1) is 11.3 Å². The van der Waals surface area contributed by atoms with Crippen LogP contribution in [-0.2, 0) is 4.74 Å². The monoisotopic (exact) mass is 216 g/mol. The molecule has 14 heavy (non-hydrogen) atoms. The highest BCUT2D eigenvalue weighted by atomic mass is 32.2. The van der Waals surface area contributed by atoms with Gasteiger partial charge < -0.3 is 4.74 Å². The predicted molar refractivity (Wildman–Crippen MR) is 61.5 cm³/mol. The molecule has 0 aliphatic heterocycles. The van der Waals surface area contributed by atoms with E-state index < -0.39 is 0 Å². The van der Waals surface area contributed by atoms with Crippen LogP contribution >= 0.6 is 11.8 Å². The molecule has 0 aromatic rings. The van der Waals surface area contributed by atoms with Gasteiger partial charge in [-0.05, 0) is 25.6 Å². The Morgan fingerprint density at radius 3 is 2.79 bits per heavy atom. The third kappa shape index (κ3) is 6.25. The maximum Gasteiger partial charge on any atom is 0.113 e. The van der Waals surface area contributed by atoms with Crippen molar-refractivity contribution in [2.24, 2.45) is 0 Å². The smallest absolute Gasteiger partial charge is 0.113 e. The van der Waals surface area contributed by atoms with E-state index in [4.69, 9.17) is 10.00 Å². The van der Waals surface area contributed by atoms with Crippen LogP contribution in [0.25, 0.3) is 0 Å². The number of nitrogens with zero attached hydrogens (tertiary/aromatic N) is 1. The average Bonchev–Trinajstić information content (AvgIpc) is 2.18. The number of hydrogen-bond donors (Lipinski definition) is 1. The van der Waals surface area contributed by atoms with Gasteiger partial charge in [0, 0.05) is 19.5 Å². The molecule has 0 aliphatic carbocycles. The molecule has 0 heterocycles. The highest BCUT2D eigenvalue weighted by molar-refractivity contribution is 7.99. The van der Waals surface area contributed by atoms with Crippen LogP contribution in [0.5, 0.6) is 0 Å². The van der Waals surface area contributed by atoms with Crippen molar-refractivity contribution in [1.82, 2.24) is 5.32 Å². The summed E-state index contributed by atoms with van der Waals surface area (Å²) in [6.45, 7) is 5.60. The molecule has 0 bridgehead atoms. The maximum atomic E-state index is 8.97. The van der Waals surface area contributed by atoms with Gasteiger partial charge in [-0.1, -0.05) is 6.92 Å². The van der Waals surface area contributed by atoms with E-state index in [9.17, 15) is 0 Å². The second kappa shape index (κ2) is 8.10. The largest absolute Gasteiger partial charge is 0.385 e. The summed E-state index contributed by atoms with van der Waals surface area (Å²) in [5.74, 6) is 1.89. The molecule has 3 nitrogen and oxygen atoms in total. The highest BCUT2D eigenvalue weighted by Crippen LogP contribution is 2.13. The lowest BCUT2D eigenvalue weighted by Crippen LogP contribution is -2.43. The van der Waals surface area contributed by atoms with Crippen LogP contribution < -0.4 is 5.32 Å². The Hall–Kier alpha value is -0.240. The van der Waals surface area contributed by atoms with Gasteiger partial charge in [-0.15, -0.1) is 0 Å². The van der Waals surface area contributed by atoms with Crippen molar-refractivity contribution >= 4 is 11.8 Å². The summed E-state index contributed by atoms with van der Waals surface area (Å²) in [6.07, 6.45) is 1.05. The van der Waals surface area contributed by atoms with Gasteiger partial charge in [0.2, 0.25) is 0 Å². The van der Waals surface area contributed by atoms with Gasteiger partial charge in [0.25, 0.3) is 0 Å². The molecule has 0 spiro atoms. The van der Waals surface area contributed by atoms with Gasteiger partial charge in [-0.2, -0.15) is 17.0 Å². The summed E-state index contributed by atoms with van der Waals surface area (Å²) in [7, 11) is 1.71. The fraction of sp³-hybridized carbons (Fsp3) is 0.900. The van der Waals surface area contributed by atoms with E-state index in [2.05, 4.69) is 11.4 Å². The zero-order chi connectivity index (χ0) is 10.9. The van der Waals surface area contributed by atoms with Crippen molar-refractivity contribution < 1.29 is 4.74 Å². The summed E-state index contributed by atoms with van der Waals surface area (Å²) >= 11 is 1.80. The van der Waals surface area contributed by atoms with Crippen LogP contribution in [0.3, 0.4) is 0 Å². The van der Waals surface area contributed by atoms with Gasteiger partial charge >= 0.3 is 0 Å². The van der Waals surface area contributed by atoms with Crippen LogP contribution in [0.1, 0.15) is 20.3 Å². The first-order chi connectivity index (χ1) is 6.68. The van der Waals surface area contributed by atoms with Crippen molar-refractivity contribution in [2.75, 3.05) is 31.8 Å². The Morgan fingerprint density at radius 1 is 1.57 bits per heavy atom. The lowest BCUT2D eigenvalue weighted by atomic mass is 10.1. The van der Waals surface area contributed by atoms with E-state index in [1.807, 2.05) is 13.8 Å². The van der Waals surface area contributed by atoms with E-state index in [-0.39, 0.29) is 5.54 Å². The summed E-state index contributed by atoms with van der Waals surface area (Å²) in [6, 6.07) is 2.31. The number of nitriles is 1. The van der Waals surface area contributed by atoms with E-state index >= 15 is 0 Å². The third-order valence-electron chi connectivity index (χ3n) is 1.84. The summed E-state index contributed by atoms with van der Waals surface area (Å²) in [4.78, 5) is 0. The lowest BCUT2D eigenvalue weighted by molar-refractivity contribution is 0.200. The number of hydrogen-bond acceptors (Lipinski definition) is 4. The Kier molecular flexibility index (Phi) is 7.96. The first-order valence-corrected chi connectivity index (χ1v) is 6.07. The molecule has 82 valence electrons. The second-order valence-corrected chi connectivity index (χ2v) is 4.48. The molecule has 1 N–H and O–H groups in total. The molecular weight excluding hydrogens is 196 g/mol. The van der Waals surface area contributed by atoms with Crippen molar-refractivity contribution in [3.8, 4) is 6.07 Å². The summed E-state index contributed by atoms with van der Waals surface area (Å²) < 4.78 is 4.95. The van der Waals surface area contributed by atoms with Crippen molar-refractivity contribution in [3.63, 3.8) is 0 Å². The Morgan fingerprint density at radius 2 is 2.29 bits per heavy atom. The Labute approximate surface area is 91.2 Å². The van der Waals surface area contributed by atoms with Crippen LogP contribution in [0.15, 0.2) is 0 Å². The van der Waals surface area contributed by atoms with Gasteiger partial charge in [0.15, 0.2) is 0 Å². The topological polar surface area (TPSA) is 45.0 Å². The predicted octanol–water partition coefficient (Wildman–Crippen LogP) is 1.65. The van der Waals surface area contributed by atoms with Crippen molar-refractivity contribution in [2.45, 2.75) is 25.8 Å². The van der Waals surface area contributed by atoms with E-state index in [0.29, 0.717) is 0 Å². The summed E-state index contributed by atoms with van der Waals surface area (Å²) in [5.41, 5.74) is -0.382. The third-order valence-corrected chi connectivity index (χ3v) is 3.20. The number of thioether (sulfide) groups is 1. The number of ether oxygens (including phenoxy) is 1. The molecule has 1 atom stereocenters. The minimum atomic E-state index is -0.382. The quantitative estimate of drug-likeness (QED) is 0.627. The minimum absolute atomic E-state index is 0.382. The highest BCUT2D eigenvalue weighted by Gasteiger charge is 2.21. The molecule has 0 aromatic carbocycles. The molecule has 0 aromatic heterocycles. The van der Waals surface area contributed by atoms with Gasteiger partial charge in [0.05, 0.1) is 6.07 Å². The number of nitrogens with one attached hydrogen (secondary N) is 1. The fourth-order valence-corrected chi connectivity index (χ4v) is 2.14. The molecule has 0 fully saturated rings. The Bertz CT molecular complexity index is 181. The average molecular weight is 216 g/mol. The normalized spacial score (nSPS) is 14.7. The Balaban J connectivity index is 3.58. The molecule has 0 amide bonds. The SMILES string of the molecule is CCNC(C)(C#N)CSCCCOC. The van der Waals surface area contributed by atoms with Gasteiger partial charge in [0.1, 0.15) is 5.54 Å². The van der Waals surface area contributed by atoms with Crippen molar-refractivity contribution in [3.05, 3.63) is 0 Å². The van der Waals surface area contributed by atoms with E-state index in [0.717, 1.165) is 31.1 Å². The van der Waals surface area contributed by atoms with Crippen LogP contribution in [0.2, 0.25) is 0 Å². The van der Waals surface area contributed by atoms with E-state index in [1.54, 1.807) is 18.9 Å². The van der Waals surface area contributed by atoms with Crippen molar-refractivity contribution in [1.29, 1.82) is 5.26 Å². The van der Waals surface area contributed by atoms with Gasteiger partial charge in [-0.3, -0.25) is 5.32 Å².